The molecule has 7 rings (SSSR count). The van der Waals surface area contributed by atoms with E-state index in [0.29, 0.717) is 31.2 Å². The summed E-state index contributed by atoms with van der Waals surface area (Å²) in [5.74, 6) is -22.5. The van der Waals surface area contributed by atoms with Crippen LogP contribution in [0.4, 0.5) is 4.79 Å². The number of hydrogen-bond donors (Lipinski definition) is 23. The predicted octanol–water partition coefficient (Wildman–Crippen LogP) is -3.42. The van der Waals surface area contributed by atoms with E-state index in [1.165, 1.54) is 57.2 Å². The molecule has 1 aliphatic carbocycles. The molecule has 2 aromatic carbocycles. The minimum atomic E-state index is -1.90. The molecule has 10 atom stereocenters. The fraction of sp³-hybridized carbons (Fsp3) is 0.542. The molecule has 2 fully saturated rings. The molecule has 3 aromatic heterocycles. The number of aromatic amines is 3. The van der Waals surface area contributed by atoms with Crippen molar-refractivity contribution in [2.75, 3.05) is 91.6 Å². The van der Waals surface area contributed by atoms with E-state index in [4.69, 9.17) is 5.11 Å². The van der Waals surface area contributed by atoms with E-state index in [1.54, 1.807) is 6.92 Å². The zero-order chi connectivity index (χ0) is 96.5. The molecule has 49 heteroatoms. The van der Waals surface area contributed by atoms with E-state index in [2.05, 4.69) is 88.4 Å². The number of hydrogen-bond acceptors (Lipinski definition) is 26. The fourth-order valence-corrected chi connectivity index (χ4v) is 15.0. The maximum absolute atomic E-state index is 14.8. The molecule has 1 saturated heterocycles. The Bertz CT molecular complexity index is 4730. The van der Waals surface area contributed by atoms with Crippen molar-refractivity contribution in [3.05, 3.63) is 103 Å². The SMILES string of the molecule is C[C@H](c1c[nH]cn1)[C@H](NC(=O)[C@H](CCC(=O)O)NC(=O)[C@H](Cc1c[nH]cn1)NC(=O)[C@H](CCC(=O)O)NC(=O)[C@H](Cc1c[nH]cn1)NC(=O)[C@H](CCC(=O)O)NC(=O)CN1CCN(CC(=O)O)CCN(CC(=O)O)CCN(CC(=O)O)CC1)C(=O)NC[C@H]1CC[C@H](C(=O)NC(Cc2ccc3ccccc3c2)C(=O)NCCCC[C@H](NC(=O)N[C@@H](CCC(=O)O)C(=O)O)C(=O)O)CC1. The van der Waals surface area contributed by atoms with Gasteiger partial charge in [0, 0.05) is 141 Å². The highest BCUT2D eigenvalue weighted by atomic mass is 16.4. The second-order valence-corrected chi connectivity index (χ2v) is 32.3. The van der Waals surface area contributed by atoms with Gasteiger partial charge < -0.3 is 119 Å². The Morgan fingerprint density at radius 2 is 0.795 bits per heavy atom. The van der Waals surface area contributed by atoms with Crippen molar-refractivity contribution in [1.82, 2.24) is 108 Å². The predicted molar refractivity (Wildman–Crippen MR) is 459 cm³/mol. The number of rotatable bonds is 54. The van der Waals surface area contributed by atoms with Gasteiger partial charge in [-0.15, -0.1) is 0 Å². The first kappa shape index (κ1) is 105. The number of imidazole rings is 3. The summed E-state index contributed by atoms with van der Waals surface area (Å²) in [6, 6.07) is -2.80. The van der Waals surface area contributed by atoms with Crippen molar-refractivity contribution in [3.63, 3.8) is 0 Å². The van der Waals surface area contributed by atoms with Crippen LogP contribution in [0.3, 0.4) is 0 Å². The lowest BCUT2D eigenvalue weighted by molar-refractivity contribution is -0.141. The number of H-pyrrole nitrogens is 3. The molecule has 0 bridgehead atoms. The zero-order valence-electron chi connectivity index (χ0n) is 72.5. The van der Waals surface area contributed by atoms with Crippen LogP contribution in [-0.4, -0.2) is 354 Å². The lowest BCUT2D eigenvalue weighted by atomic mass is 9.81. The van der Waals surface area contributed by atoms with Crippen molar-refractivity contribution < 1.29 is 137 Å². The topological polar surface area (TPSA) is 738 Å². The van der Waals surface area contributed by atoms with Crippen LogP contribution in [0.2, 0.25) is 0 Å². The third kappa shape index (κ3) is 37.5. The largest absolute Gasteiger partial charge is 0.481 e. The third-order valence-corrected chi connectivity index (χ3v) is 22.2. The summed E-state index contributed by atoms with van der Waals surface area (Å²) in [6.07, 6.45) is 3.22. The summed E-state index contributed by atoms with van der Waals surface area (Å²) in [5.41, 5.74) is 1.20. The number of benzene rings is 2. The molecule has 1 unspecified atom stereocenters. The van der Waals surface area contributed by atoms with Crippen molar-refractivity contribution in [3.8, 4) is 0 Å². The number of aliphatic carboxylic acids is 9. The molecular formula is C83H115N21O28. The number of carboxylic acids is 9. The highest BCUT2D eigenvalue weighted by Crippen LogP contribution is 2.30. The number of carboxylic acid groups (broad SMARTS) is 9. The van der Waals surface area contributed by atoms with Gasteiger partial charge >= 0.3 is 59.8 Å². The van der Waals surface area contributed by atoms with Crippen LogP contribution >= 0.6 is 0 Å². The molecule has 49 nitrogen and oxygen atoms in total. The fourth-order valence-electron chi connectivity index (χ4n) is 15.0. The summed E-state index contributed by atoms with van der Waals surface area (Å²) in [5, 5.41) is 117. The summed E-state index contributed by atoms with van der Waals surface area (Å²) in [7, 11) is 0. The highest BCUT2D eigenvalue weighted by molar-refractivity contribution is 5.98. The van der Waals surface area contributed by atoms with Gasteiger partial charge in [0.05, 0.1) is 62.2 Å². The van der Waals surface area contributed by atoms with Crippen LogP contribution in [0, 0.1) is 11.8 Å². The van der Waals surface area contributed by atoms with Gasteiger partial charge in [0.1, 0.15) is 54.4 Å². The van der Waals surface area contributed by atoms with Crippen molar-refractivity contribution in [2.24, 2.45) is 11.8 Å². The van der Waals surface area contributed by atoms with Gasteiger partial charge in [0.15, 0.2) is 0 Å². The number of urea groups is 1. The summed E-state index contributed by atoms with van der Waals surface area (Å²) in [4.78, 5) is 277. The van der Waals surface area contributed by atoms with Gasteiger partial charge in [-0.05, 0) is 92.9 Å². The van der Waals surface area contributed by atoms with Crippen molar-refractivity contribution in [1.29, 1.82) is 0 Å². The van der Waals surface area contributed by atoms with Crippen molar-refractivity contribution in [2.45, 2.75) is 183 Å². The minimum Gasteiger partial charge on any atom is -0.481 e. The average molecular weight is 1850 g/mol. The molecule has 11 amide bonds. The van der Waals surface area contributed by atoms with Crippen LogP contribution in [0.1, 0.15) is 132 Å². The minimum absolute atomic E-state index is 0.00691. The number of aromatic nitrogens is 6. The Labute approximate surface area is 754 Å². The van der Waals surface area contributed by atoms with Gasteiger partial charge in [-0.25, -0.2) is 29.3 Å². The molecule has 132 heavy (non-hydrogen) atoms. The van der Waals surface area contributed by atoms with Gasteiger partial charge in [0.2, 0.25) is 53.2 Å². The summed E-state index contributed by atoms with van der Waals surface area (Å²) in [6.45, 7) is -0.209. The second-order valence-electron chi connectivity index (χ2n) is 32.3. The third-order valence-electron chi connectivity index (χ3n) is 22.2. The van der Waals surface area contributed by atoms with E-state index < -0.39 is 270 Å². The first-order valence-electron chi connectivity index (χ1n) is 42.9. The maximum atomic E-state index is 14.8. The van der Waals surface area contributed by atoms with Crippen LogP contribution in [0.5, 0.6) is 0 Å². The van der Waals surface area contributed by atoms with E-state index in [0.717, 1.165) is 10.8 Å². The Morgan fingerprint density at radius 3 is 1.23 bits per heavy atom. The Kier molecular flexibility index (Phi) is 42.7. The number of carbonyl (C=O) groups excluding carboxylic acids is 10. The first-order valence-corrected chi connectivity index (χ1v) is 42.9. The van der Waals surface area contributed by atoms with Gasteiger partial charge in [0.25, 0.3) is 0 Å². The zero-order valence-corrected chi connectivity index (χ0v) is 72.5. The normalized spacial score (nSPS) is 17.0. The quantitative estimate of drug-likeness (QED) is 0.0169. The van der Waals surface area contributed by atoms with E-state index in [9.17, 15) is 132 Å². The molecule has 0 radical (unpaired) electrons. The number of carbonyl (C=O) groups is 19. The molecule has 23 N–H and O–H groups in total. The van der Waals surface area contributed by atoms with Gasteiger partial charge in [-0.2, -0.15) is 0 Å². The molecule has 720 valence electrons. The van der Waals surface area contributed by atoms with Gasteiger partial charge in [-0.3, -0.25) is 96.3 Å². The smallest absolute Gasteiger partial charge is 0.326 e. The molecular weight excluding hydrogens is 1740 g/mol. The van der Waals surface area contributed by atoms with E-state index in [-0.39, 0.29) is 114 Å². The maximum Gasteiger partial charge on any atom is 0.326 e. The van der Waals surface area contributed by atoms with Crippen LogP contribution in [0.15, 0.2) is 80.0 Å². The van der Waals surface area contributed by atoms with Crippen LogP contribution in [0.25, 0.3) is 10.8 Å². The number of nitrogens with zero attached hydrogens (tertiary/aromatic N) is 7. The summed E-state index contributed by atoms with van der Waals surface area (Å²) < 4.78 is 0. The molecule has 5 aromatic rings. The van der Waals surface area contributed by atoms with E-state index >= 15 is 0 Å². The van der Waals surface area contributed by atoms with Gasteiger partial charge in [-0.1, -0.05) is 49.4 Å². The highest BCUT2D eigenvalue weighted by Gasteiger charge is 2.39. The number of amides is 11. The molecule has 1 saturated carbocycles. The average Bonchev–Trinajstić information content (AvgIpc) is 1.38. The molecule has 4 heterocycles. The molecule has 0 spiro atoms. The molecule has 2 aliphatic rings. The lowest BCUT2D eigenvalue weighted by Crippen LogP contribution is -2.60. The monoisotopic (exact) mass is 1850 g/mol. The second kappa shape index (κ2) is 53.8. The number of fused-ring (bicyclic) bond motifs is 1. The van der Waals surface area contributed by atoms with Crippen LogP contribution < -0.4 is 58.5 Å². The first-order chi connectivity index (χ1) is 62.8. The standard InChI is InChI=1S/C83H115N21O28/c1-47(63-39-86-46-91-63)72(80(127)88-36-48-9-13-51(14-10-48)73(120)95-60(33-49-11-12-50-6-2-3-7-52(50)32-49)74(121)87-23-5-4-8-58(81(128)129)98-83(132)99-59(82(130)131)18-22-68(112)113)100-77(124)57(17-21-67(110)111)94-79(126)62(35-54-38-85-45-90-54)97-76(123)56(16-20-66(108)109)93-78(125)61(34-53-37-84-44-89-53)96-75(122)55(15-19-65(106)107)92-64(105)40-101-24-26-102(41-69(114)115)28-30-104(43-71(118)119)31-29-103(27-25-101)42-70(116)117/h2-3,6-7,11-12,32,37-39,44-48,51,55-62,72H,4-5,8-10,13-31,33-36,40-43H2,1H3,(H,84,89)(H,85,90)(H,86,91)(H,87,121)(H,88,127)(H,92,105)(H,93,125)(H,94,126)(H,95,120)(H,96,122)(H,97,123)(H,100,124)(H,106,107)(H,108,109)(H,110,111)(H,112,113)(H,114,115)(H,116,117)(H,118,119)(H,128,129)(H,130,131)(H2,98,99,132)/t47-,48-,51-,55+,56+,57+,58+,59+,60?,61+,62+,72+/m1/s1. The Morgan fingerprint density at radius 1 is 0.386 bits per heavy atom. The Balaban J connectivity index is 1.02. The van der Waals surface area contributed by atoms with Crippen LogP contribution in [-0.2, 0) is 106 Å². The lowest BCUT2D eigenvalue weighted by Gasteiger charge is -2.33. The summed E-state index contributed by atoms with van der Waals surface area (Å²) >= 11 is 0. The van der Waals surface area contributed by atoms with E-state index in [1.807, 2.05) is 42.5 Å². The number of unbranched alkanes of at least 4 members (excludes halogenated alkanes) is 1. The number of nitrogens with one attached hydrogen (secondary N) is 14. The van der Waals surface area contributed by atoms with Crippen molar-refractivity contribution >= 4 is 124 Å². The molecule has 1 aliphatic heterocycles. The Hall–Kier alpha value is -14.1.